The summed E-state index contributed by atoms with van der Waals surface area (Å²) >= 11 is 1.30. The van der Waals surface area contributed by atoms with Crippen LogP contribution in [0, 0.1) is 6.92 Å². The maximum Gasteiger partial charge on any atom is 0.278 e. The number of aromatic nitrogens is 3. The first-order valence-corrected chi connectivity index (χ1v) is 10.6. The van der Waals surface area contributed by atoms with Gasteiger partial charge in [-0.2, -0.15) is 0 Å². The molecule has 0 fully saturated rings. The fraction of sp³-hybridized carbons (Fsp3) is 0.381. The molecule has 0 bridgehead atoms. The van der Waals surface area contributed by atoms with Gasteiger partial charge in [0.25, 0.3) is 5.56 Å². The van der Waals surface area contributed by atoms with Crippen LogP contribution in [0.4, 0.5) is 5.69 Å². The molecule has 1 amide bonds. The lowest BCUT2D eigenvalue weighted by Gasteiger charge is -2.17. The van der Waals surface area contributed by atoms with E-state index in [0.29, 0.717) is 16.2 Å². The number of nitrogens with one attached hydrogen (secondary N) is 2. The maximum atomic E-state index is 13.0. The number of aromatic amines is 1. The second kappa shape index (κ2) is 8.65. The van der Waals surface area contributed by atoms with E-state index >= 15 is 0 Å². The zero-order chi connectivity index (χ0) is 20.3. The number of hydrogen-bond acceptors (Lipinski definition) is 4. The number of carbonyl (C=O) groups excluding carboxylic acids is 1. The molecule has 0 aliphatic carbocycles. The van der Waals surface area contributed by atoms with Gasteiger partial charge in [-0.15, -0.1) is 0 Å². The average Bonchev–Trinajstić information content (AvgIpc) is 3.07. The van der Waals surface area contributed by atoms with E-state index in [-0.39, 0.29) is 23.3 Å². The molecule has 0 radical (unpaired) electrons. The van der Waals surface area contributed by atoms with Crippen LogP contribution < -0.4 is 10.9 Å². The molecule has 0 aliphatic rings. The van der Waals surface area contributed by atoms with Crippen LogP contribution in [0.25, 0.3) is 11.0 Å². The van der Waals surface area contributed by atoms with Gasteiger partial charge in [0.2, 0.25) is 5.91 Å². The quantitative estimate of drug-likeness (QED) is 0.459. The smallest absolute Gasteiger partial charge is 0.278 e. The van der Waals surface area contributed by atoms with E-state index in [1.54, 1.807) is 4.57 Å². The molecule has 3 aromatic rings. The van der Waals surface area contributed by atoms with Gasteiger partial charge in [-0.25, -0.2) is 4.98 Å². The molecular formula is C21H26N4O2S. The van der Waals surface area contributed by atoms with E-state index in [0.717, 1.165) is 29.8 Å². The van der Waals surface area contributed by atoms with E-state index in [1.165, 1.54) is 11.8 Å². The minimum Gasteiger partial charge on any atom is -0.353 e. The summed E-state index contributed by atoms with van der Waals surface area (Å²) in [5.74, 6) is 0.0803. The number of amides is 1. The Kier molecular flexibility index (Phi) is 6.24. The number of H-pyrrole nitrogens is 1. The Bertz CT molecular complexity index is 1050. The van der Waals surface area contributed by atoms with E-state index in [9.17, 15) is 9.59 Å². The molecule has 1 aromatic carbocycles. The van der Waals surface area contributed by atoms with Crippen LogP contribution in [0.5, 0.6) is 0 Å². The fourth-order valence-electron chi connectivity index (χ4n) is 3.13. The first-order valence-electron chi connectivity index (χ1n) is 9.57. The average molecular weight is 399 g/mol. The number of carbonyl (C=O) groups is 1. The summed E-state index contributed by atoms with van der Waals surface area (Å²) in [6.07, 6.45) is 1.65. The van der Waals surface area contributed by atoms with Gasteiger partial charge in [0, 0.05) is 17.4 Å². The Balaban J connectivity index is 1.85. The van der Waals surface area contributed by atoms with Crippen LogP contribution >= 0.6 is 11.8 Å². The van der Waals surface area contributed by atoms with Crippen LogP contribution in [0.1, 0.15) is 44.5 Å². The number of anilines is 1. The molecule has 1 unspecified atom stereocenters. The van der Waals surface area contributed by atoms with Crippen LogP contribution in [-0.4, -0.2) is 26.2 Å². The fourth-order valence-corrected chi connectivity index (χ4v) is 4.03. The highest BCUT2D eigenvalue weighted by Gasteiger charge is 2.18. The lowest BCUT2D eigenvalue weighted by molar-refractivity contribution is -0.113. The molecule has 2 N–H and O–H groups in total. The van der Waals surface area contributed by atoms with Crippen molar-refractivity contribution in [1.82, 2.24) is 14.5 Å². The standard InChI is InChI=1S/C21H26N4O2S/c1-5-14(4)25-20(27)19-17(11-13(3)22-19)24-21(25)28-12-18(26)23-16-10-8-7-9-15(16)6-2/h7-11,14,22H,5-6,12H2,1-4H3,(H,23,26). The van der Waals surface area contributed by atoms with Gasteiger partial charge in [0.05, 0.1) is 11.3 Å². The monoisotopic (exact) mass is 398 g/mol. The molecule has 0 spiro atoms. The molecule has 28 heavy (non-hydrogen) atoms. The minimum atomic E-state index is -0.110. The zero-order valence-corrected chi connectivity index (χ0v) is 17.5. The predicted molar refractivity (Wildman–Crippen MR) is 115 cm³/mol. The van der Waals surface area contributed by atoms with Gasteiger partial charge in [-0.05, 0) is 44.4 Å². The van der Waals surface area contributed by atoms with Crippen molar-refractivity contribution in [3.05, 3.63) is 51.9 Å². The normalized spacial score (nSPS) is 12.3. The van der Waals surface area contributed by atoms with Gasteiger partial charge in [-0.1, -0.05) is 43.8 Å². The largest absolute Gasteiger partial charge is 0.353 e. The molecule has 1 atom stereocenters. The molecular weight excluding hydrogens is 372 g/mol. The highest BCUT2D eigenvalue weighted by Crippen LogP contribution is 2.23. The zero-order valence-electron chi connectivity index (χ0n) is 16.7. The van der Waals surface area contributed by atoms with Crippen molar-refractivity contribution >= 4 is 34.4 Å². The number of aryl methyl sites for hydroxylation is 2. The third-order valence-electron chi connectivity index (χ3n) is 4.82. The van der Waals surface area contributed by atoms with Crippen LogP contribution in [-0.2, 0) is 11.2 Å². The summed E-state index contributed by atoms with van der Waals surface area (Å²) in [6.45, 7) is 7.99. The molecule has 0 saturated carbocycles. The Hall–Kier alpha value is -2.54. The van der Waals surface area contributed by atoms with Crippen molar-refractivity contribution in [2.75, 3.05) is 11.1 Å². The van der Waals surface area contributed by atoms with Gasteiger partial charge in [0.15, 0.2) is 5.16 Å². The van der Waals surface area contributed by atoms with Gasteiger partial charge >= 0.3 is 0 Å². The number of thioether (sulfide) groups is 1. The Morgan fingerprint density at radius 2 is 2.07 bits per heavy atom. The number of benzene rings is 1. The van der Waals surface area contributed by atoms with E-state index in [4.69, 9.17) is 0 Å². The summed E-state index contributed by atoms with van der Waals surface area (Å²) in [7, 11) is 0. The van der Waals surface area contributed by atoms with Gasteiger partial charge < -0.3 is 10.3 Å². The molecule has 6 nitrogen and oxygen atoms in total. The SMILES string of the molecule is CCc1ccccc1NC(=O)CSc1nc2cc(C)[nH]c2c(=O)n1C(C)CC. The highest BCUT2D eigenvalue weighted by atomic mass is 32.2. The van der Waals surface area contributed by atoms with Crippen molar-refractivity contribution < 1.29 is 4.79 Å². The molecule has 7 heteroatoms. The number of rotatable bonds is 7. The Morgan fingerprint density at radius 1 is 1.32 bits per heavy atom. The molecule has 0 saturated heterocycles. The van der Waals surface area contributed by atoms with Crippen molar-refractivity contribution in [3.8, 4) is 0 Å². The second-order valence-corrected chi connectivity index (χ2v) is 7.83. The second-order valence-electron chi connectivity index (χ2n) is 6.89. The van der Waals surface area contributed by atoms with E-state index in [2.05, 4.69) is 22.2 Å². The maximum absolute atomic E-state index is 13.0. The molecule has 0 aliphatic heterocycles. The lowest BCUT2D eigenvalue weighted by Crippen LogP contribution is -2.26. The topological polar surface area (TPSA) is 79.8 Å². The summed E-state index contributed by atoms with van der Waals surface area (Å²) in [5, 5.41) is 3.54. The van der Waals surface area contributed by atoms with E-state index in [1.807, 2.05) is 51.1 Å². The predicted octanol–water partition coefficient (Wildman–Crippen LogP) is 4.30. The summed E-state index contributed by atoms with van der Waals surface area (Å²) in [6, 6.07) is 9.65. The van der Waals surface area contributed by atoms with E-state index < -0.39 is 0 Å². The third kappa shape index (κ3) is 4.14. The minimum absolute atomic E-state index is 0.000570. The van der Waals surface area contributed by atoms with Crippen molar-refractivity contribution in [1.29, 1.82) is 0 Å². The highest BCUT2D eigenvalue weighted by molar-refractivity contribution is 7.99. The molecule has 148 valence electrons. The number of fused-ring (bicyclic) bond motifs is 1. The number of hydrogen-bond donors (Lipinski definition) is 2. The molecule has 3 rings (SSSR count). The van der Waals surface area contributed by atoms with Crippen molar-refractivity contribution in [2.24, 2.45) is 0 Å². The van der Waals surface area contributed by atoms with Crippen LogP contribution in [0.3, 0.4) is 0 Å². The summed E-state index contributed by atoms with van der Waals surface area (Å²) < 4.78 is 1.69. The van der Waals surface area contributed by atoms with Crippen molar-refractivity contribution in [3.63, 3.8) is 0 Å². The van der Waals surface area contributed by atoms with Gasteiger partial charge in [0.1, 0.15) is 5.52 Å². The Morgan fingerprint density at radius 3 is 2.79 bits per heavy atom. The molecule has 2 aromatic heterocycles. The Labute approximate surface area is 168 Å². The first-order chi connectivity index (χ1) is 13.4. The summed E-state index contributed by atoms with van der Waals surface area (Å²) in [4.78, 5) is 33.2. The lowest BCUT2D eigenvalue weighted by atomic mass is 10.1. The first kappa shape index (κ1) is 20.2. The number of para-hydroxylation sites is 1. The van der Waals surface area contributed by atoms with Crippen LogP contribution in [0.2, 0.25) is 0 Å². The third-order valence-corrected chi connectivity index (χ3v) is 5.78. The number of nitrogens with zero attached hydrogens (tertiary/aromatic N) is 2. The van der Waals surface area contributed by atoms with Crippen molar-refractivity contribution in [2.45, 2.75) is 51.7 Å². The molecule has 2 heterocycles. The van der Waals surface area contributed by atoms with Crippen LogP contribution in [0.15, 0.2) is 40.3 Å². The van der Waals surface area contributed by atoms with Gasteiger partial charge in [-0.3, -0.25) is 14.2 Å². The summed E-state index contributed by atoms with van der Waals surface area (Å²) in [5.41, 5.74) is 3.89.